The summed E-state index contributed by atoms with van der Waals surface area (Å²) in [5.74, 6) is -0.954. The molecule has 0 amide bonds. The quantitative estimate of drug-likeness (QED) is 0.0838. The topological polar surface area (TPSA) is 142 Å². The minimum Gasteiger partial charge on any atom is -0.483 e. The van der Waals surface area contributed by atoms with Gasteiger partial charge in [-0.05, 0) is 135 Å². The Morgan fingerprint density at radius 3 is 2.38 bits per heavy atom. The standard InChI is InChI=1S/C53H58O10/c1-32(30-55)42-20-15-33-13-16-36(17-14-33)43-21-18-38(37-12-8-11-35(26-37)25-34-9-6-5-7-10-34)27-41(43)29-46(56)60-49-47-45(63-53(2,3)50(49)62-51(42)57)22-19-39-28-44(52(58)61-48(39)47)40(23-24-54)31-59-4/h5-14,16-17,19,22,26,28,38,40-41,43,49-50,54-55H,15,18,20-21,23-25,27,29-31H2,1-4H3. The van der Waals surface area contributed by atoms with Crippen molar-refractivity contribution in [2.45, 2.75) is 108 Å². The second kappa shape index (κ2) is 19.1. The Balaban J connectivity index is 1.20. The van der Waals surface area contributed by atoms with E-state index in [1.165, 1.54) is 23.8 Å². The van der Waals surface area contributed by atoms with Crippen molar-refractivity contribution in [3.05, 3.63) is 158 Å². The summed E-state index contributed by atoms with van der Waals surface area (Å²) in [7, 11) is 1.54. The molecule has 0 radical (unpaired) electrons. The largest absolute Gasteiger partial charge is 0.483 e. The first-order chi connectivity index (χ1) is 30.5. The molecule has 0 saturated heterocycles. The molecule has 63 heavy (non-hydrogen) atoms. The summed E-state index contributed by atoms with van der Waals surface area (Å²) in [5, 5.41) is 20.6. The lowest BCUT2D eigenvalue weighted by atomic mass is 9.68. The summed E-state index contributed by atoms with van der Waals surface area (Å²) in [6.45, 7) is 4.97. The summed E-state index contributed by atoms with van der Waals surface area (Å²) in [6.07, 6.45) is 2.32. The normalized spacial score (nSPS) is 23.7. The van der Waals surface area contributed by atoms with Gasteiger partial charge in [0.05, 0.1) is 18.8 Å². The maximum atomic E-state index is 14.8. The van der Waals surface area contributed by atoms with Gasteiger partial charge in [0.2, 0.25) is 0 Å². The third kappa shape index (κ3) is 9.54. The van der Waals surface area contributed by atoms with Crippen molar-refractivity contribution in [2.75, 3.05) is 26.9 Å². The Morgan fingerprint density at radius 1 is 0.857 bits per heavy atom. The van der Waals surface area contributed by atoms with Crippen LogP contribution in [0.1, 0.15) is 122 Å². The van der Waals surface area contributed by atoms with E-state index in [4.69, 9.17) is 23.4 Å². The zero-order valence-electron chi connectivity index (χ0n) is 36.6. The molecule has 4 heterocycles. The summed E-state index contributed by atoms with van der Waals surface area (Å²) in [6, 6.07) is 33.0. The van der Waals surface area contributed by atoms with Crippen molar-refractivity contribution < 1.29 is 43.2 Å². The molecule has 1 fully saturated rings. The number of esters is 2. The summed E-state index contributed by atoms with van der Waals surface area (Å²) in [4.78, 5) is 42.9. The predicted octanol–water partition coefficient (Wildman–Crippen LogP) is 9.18. The number of carbonyl (C=O) groups excluding carboxylic acids is 2. The van der Waals surface area contributed by atoms with Gasteiger partial charge in [-0.3, -0.25) is 4.79 Å². The number of hydrogen-bond donors (Lipinski definition) is 2. The Morgan fingerprint density at radius 2 is 1.63 bits per heavy atom. The Bertz CT molecular complexity index is 2510. The highest BCUT2D eigenvalue weighted by Gasteiger charge is 2.51. The van der Waals surface area contributed by atoms with Gasteiger partial charge >= 0.3 is 17.6 Å². The number of rotatable bonds is 9. The second-order valence-electron chi connectivity index (χ2n) is 18.1. The van der Waals surface area contributed by atoms with Crippen molar-refractivity contribution in [1.29, 1.82) is 0 Å². The van der Waals surface area contributed by atoms with E-state index in [0.717, 1.165) is 36.8 Å². The van der Waals surface area contributed by atoms with Gasteiger partial charge in [0.1, 0.15) is 16.9 Å². The molecule has 5 aromatic rings. The first kappa shape index (κ1) is 44.1. The first-order valence-corrected chi connectivity index (χ1v) is 22.3. The molecule has 6 unspecified atom stereocenters. The zero-order chi connectivity index (χ0) is 44.3. The van der Waals surface area contributed by atoms with Crippen LogP contribution in [-0.2, 0) is 36.6 Å². The van der Waals surface area contributed by atoms with Crippen LogP contribution in [0.25, 0.3) is 11.0 Å². The molecule has 6 atom stereocenters. The third-order valence-corrected chi connectivity index (χ3v) is 13.5. The molecule has 1 aromatic heterocycles. The molecule has 4 aliphatic rings. The molecular weight excluding hydrogens is 797 g/mol. The molecule has 0 spiro atoms. The van der Waals surface area contributed by atoms with E-state index in [0.29, 0.717) is 52.7 Å². The Hall–Kier alpha value is -5.55. The average molecular weight is 855 g/mol. The van der Waals surface area contributed by atoms with Gasteiger partial charge in [0.15, 0.2) is 12.2 Å². The molecule has 2 N–H and O–H groups in total. The minimum atomic E-state index is -1.22. The fourth-order valence-electron chi connectivity index (χ4n) is 10.1. The van der Waals surface area contributed by atoms with Crippen LogP contribution in [0.15, 0.2) is 117 Å². The molecule has 2 bridgehead atoms. The monoisotopic (exact) mass is 854 g/mol. The third-order valence-electron chi connectivity index (χ3n) is 13.5. The number of benzene rings is 4. The molecular formula is C53H58O10. The molecule has 1 saturated carbocycles. The maximum Gasteiger partial charge on any atom is 0.339 e. The summed E-state index contributed by atoms with van der Waals surface area (Å²) >= 11 is 0. The van der Waals surface area contributed by atoms with Crippen LogP contribution in [-0.4, -0.2) is 60.8 Å². The van der Waals surface area contributed by atoms with Crippen molar-refractivity contribution in [2.24, 2.45) is 5.92 Å². The second-order valence-corrected chi connectivity index (χ2v) is 18.1. The number of fused-ring (bicyclic) bond motifs is 11. The van der Waals surface area contributed by atoms with E-state index in [1.807, 2.05) is 6.07 Å². The zero-order valence-corrected chi connectivity index (χ0v) is 36.6. The van der Waals surface area contributed by atoms with Gasteiger partial charge in [-0.15, -0.1) is 0 Å². The smallest absolute Gasteiger partial charge is 0.339 e. The SMILES string of the molecule is COCC(CCO)c1cc2ccc3c(c2oc1=O)C1OC(=O)CC2CC(c4cccc(Cc5ccccc5)c4)CCC2c2ccc(cc2)CCC(=C(C)CO)C(=O)OC1C(C)(C)O3. The first-order valence-electron chi connectivity index (χ1n) is 22.3. The number of hydrogen-bond acceptors (Lipinski definition) is 10. The molecule has 10 nitrogen and oxygen atoms in total. The van der Waals surface area contributed by atoms with Crippen LogP contribution in [0, 0.1) is 5.92 Å². The number of ether oxygens (including phenoxy) is 4. The van der Waals surface area contributed by atoms with Crippen molar-refractivity contribution >= 4 is 22.9 Å². The number of methoxy groups -OCH3 is 1. The number of aliphatic hydroxyl groups is 2. The van der Waals surface area contributed by atoms with Crippen molar-refractivity contribution in [3.8, 4) is 5.75 Å². The van der Waals surface area contributed by atoms with E-state index in [9.17, 15) is 24.6 Å². The van der Waals surface area contributed by atoms with Gasteiger partial charge in [-0.25, -0.2) is 9.59 Å². The fraction of sp³-hybridized carbons (Fsp3) is 0.415. The van der Waals surface area contributed by atoms with Gasteiger partial charge in [0, 0.05) is 42.6 Å². The molecule has 1 aliphatic carbocycles. The number of aliphatic hydroxyl groups excluding tert-OH is 2. The van der Waals surface area contributed by atoms with E-state index in [-0.39, 0.29) is 49.6 Å². The number of aryl methyl sites for hydroxylation is 1. The highest BCUT2D eigenvalue weighted by Crippen LogP contribution is 2.49. The van der Waals surface area contributed by atoms with Crippen molar-refractivity contribution in [3.63, 3.8) is 0 Å². The van der Waals surface area contributed by atoms with Gasteiger partial charge < -0.3 is 33.6 Å². The lowest BCUT2D eigenvalue weighted by molar-refractivity contribution is -0.188. The van der Waals surface area contributed by atoms with Gasteiger partial charge in [-0.2, -0.15) is 0 Å². The van der Waals surface area contributed by atoms with Crippen LogP contribution in [0.3, 0.4) is 0 Å². The van der Waals surface area contributed by atoms with E-state index >= 15 is 0 Å². The number of carbonyl (C=O) groups is 2. The summed E-state index contributed by atoms with van der Waals surface area (Å²) in [5.41, 5.74) is 5.72. The summed E-state index contributed by atoms with van der Waals surface area (Å²) < 4.78 is 31.1. The molecule has 3 aliphatic heterocycles. The van der Waals surface area contributed by atoms with Crippen LogP contribution < -0.4 is 10.4 Å². The predicted molar refractivity (Wildman–Crippen MR) is 240 cm³/mol. The van der Waals surface area contributed by atoms with Crippen LogP contribution in [0.5, 0.6) is 5.75 Å². The fourth-order valence-corrected chi connectivity index (χ4v) is 10.1. The molecule has 330 valence electrons. The average Bonchev–Trinajstić information content (AvgIpc) is 3.27. The van der Waals surface area contributed by atoms with Crippen molar-refractivity contribution in [1.82, 2.24) is 0 Å². The Kier molecular flexibility index (Phi) is 13.3. The van der Waals surface area contributed by atoms with Gasteiger partial charge in [-0.1, -0.05) is 78.9 Å². The van der Waals surface area contributed by atoms with E-state index in [1.54, 1.807) is 39.0 Å². The maximum absolute atomic E-state index is 14.8. The van der Waals surface area contributed by atoms with E-state index < -0.39 is 41.3 Å². The molecule has 4 aromatic carbocycles. The Labute approximate surface area is 368 Å². The lowest BCUT2D eigenvalue weighted by Crippen LogP contribution is -2.52. The van der Waals surface area contributed by atoms with Gasteiger partial charge in [0.25, 0.3) is 0 Å². The van der Waals surface area contributed by atoms with Crippen LogP contribution in [0.2, 0.25) is 0 Å². The van der Waals surface area contributed by atoms with E-state index in [2.05, 4.69) is 72.8 Å². The van der Waals surface area contributed by atoms with Crippen LogP contribution in [0.4, 0.5) is 0 Å². The highest BCUT2D eigenvalue weighted by atomic mass is 16.6. The molecule has 9 rings (SSSR count). The van der Waals surface area contributed by atoms with Crippen LogP contribution >= 0.6 is 0 Å². The lowest BCUT2D eigenvalue weighted by Gasteiger charge is -2.43. The highest BCUT2D eigenvalue weighted by molar-refractivity contribution is 5.90. The minimum absolute atomic E-state index is 0.0694. The molecule has 10 heteroatoms.